The van der Waals surface area contributed by atoms with E-state index in [4.69, 9.17) is 4.74 Å². The van der Waals surface area contributed by atoms with Crippen molar-refractivity contribution in [2.45, 2.75) is 37.3 Å². The van der Waals surface area contributed by atoms with Crippen molar-refractivity contribution in [3.63, 3.8) is 0 Å². The predicted octanol–water partition coefficient (Wildman–Crippen LogP) is 2.47. The SMILES string of the molecule is COc1ccccc1C(=O)N1C2CC1CN(c1cc(C3CC3)ncn1)C2. The smallest absolute Gasteiger partial charge is 0.258 e. The third-order valence-electron chi connectivity index (χ3n) is 5.76. The van der Waals surface area contributed by atoms with E-state index in [1.54, 1.807) is 13.4 Å². The lowest BCUT2D eigenvalue weighted by atomic mass is 9.86. The summed E-state index contributed by atoms with van der Waals surface area (Å²) in [5, 5.41) is 0. The van der Waals surface area contributed by atoms with Crippen LogP contribution in [0.2, 0.25) is 0 Å². The largest absolute Gasteiger partial charge is 0.496 e. The number of para-hydroxylation sites is 1. The summed E-state index contributed by atoms with van der Waals surface area (Å²) >= 11 is 0. The van der Waals surface area contributed by atoms with E-state index in [1.807, 2.05) is 29.2 Å². The molecule has 6 nitrogen and oxygen atoms in total. The first-order valence-corrected chi connectivity index (χ1v) is 9.27. The van der Waals surface area contributed by atoms with Crippen LogP contribution in [0.4, 0.5) is 5.82 Å². The summed E-state index contributed by atoms with van der Waals surface area (Å²) in [5.74, 6) is 2.34. The molecule has 0 N–H and O–H groups in total. The number of fused-ring (bicyclic) bond motifs is 2. The third kappa shape index (κ3) is 2.52. The van der Waals surface area contributed by atoms with Crippen LogP contribution in [0.5, 0.6) is 5.75 Å². The first kappa shape index (κ1) is 15.6. The molecule has 1 amide bonds. The molecule has 2 unspecified atom stereocenters. The molecule has 1 aromatic heterocycles. The fraction of sp³-hybridized carbons (Fsp3) is 0.450. The van der Waals surface area contributed by atoms with E-state index < -0.39 is 0 Å². The van der Waals surface area contributed by atoms with Crippen LogP contribution in [0.15, 0.2) is 36.7 Å². The third-order valence-corrected chi connectivity index (χ3v) is 5.76. The number of aromatic nitrogens is 2. The highest BCUT2D eigenvalue weighted by molar-refractivity contribution is 5.98. The molecule has 3 aliphatic heterocycles. The fourth-order valence-electron chi connectivity index (χ4n) is 4.23. The van der Waals surface area contributed by atoms with Gasteiger partial charge in [-0.2, -0.15) is 0 Å². The van der Waals surface area contributed by atoms with Crippen LogP contribution in [0.1, 0.15) is 41.2 Å². The Morgan fingerprint density at radius 1 is 1.15 bits per heavy atom. The number of nitrogens with zero attached hydrogens (tertiary/aromatic N) is 4. The van der Waals surface area contributed by atoms with Crippen LogP contribution in [-0.2, 0) is 0 Å². The van der Waals surface area contributed by atoms with Crippen molar-refractivity contribution in [1.29, 1.82) is 0 Å². The summed E-state index contributed by atoms with van der Waals surface area (Å²) in [6.45, 7) is 1.66. The van der Waals surface area contributed by atoms with E-state index in [0.29, 0.717) is 17.2 Å². The number of ether oxygens (including phenoxy) is 1. The molecule has 4 heterocycles. The Morgan fingerprint density at radius 3 is 2.65 bits per heavy atom. The summed E-state index contributed by atoms with van der Waals surface area (Å²) < 4.78 is 5.36. The Hall–Kier alpha value is -2.63. The van der Waals surface area contributed by atoms with Crippen molar-refractivity contribution in [2.75, 3.05) is 25.1 Å². The van der Waals surface area contributed by atoms with Crippen molar-refractivity contribution in [3.8, 4) is 5.75 Å². The highest BCUT2D eigenvalue weighted by Crippen LogP contribution is 2.41. The summed E-state index contributed by atoms with van der Waals surface area (Å²) in [5.41, 5.74) is 1.81. The van der Waals surface area contributed by atoms with Crippen molar-refractivity contribution < 1.29 is 9.53 Å². The fourth-order valence-corrected chi connectivity index (χ4v) is 4.23. The highest BCUT2D eigenvalue weighted by Gasteiger charge is 2.48. The number of anilines is 1. The average molecular weight is 350 g/mol. The first-order valence-electron chi connectivity index (χ1n) is 9.27. The number of hydrogen-bond acceptors (Lipinski definition) is 5. The predicted molar refractivity (Wildman–Crippen MR) is 97.6 cm³/mol. The molecule has 6 rings (SSSR count). The molecule has 0 spiro atoms. The number of piperidine rings is 1. The van der Waals surface area contributed by atoms with Gasteiger partial charge in [0, 0.05) is 30.8 Å². The molecule has 26 heavy (non-hydrogen) atoms. The van der Waals surface area contributed by atoms with Gasteiger partial charge in [0.1, 0.15) is 17.9 Å². The molecule has 1 saturated carbocycles. The van der Waals surface area contributed by atoms with E-state index in [1.165, 1.54) is 12.8 Å². The van der Waals surface area contributed by atoms with Gasteiger partial charge >= 0.3 is 0 Å². The number of carbonyl (C=O) groups is 1. The minimum atomic E-state index is 0.0738. The molecule has 134 valence electrons. The van der Waals surface area contributed by atoms with Gasteiger partial charge in [-0.1, -0.05) is 12.1 Å². The molecule has 4 fully saturated rings. The van der Waals surface area contributed by atoms with Crippen molar-refractivity contribution in [2.24, 2.45) is 0 Å². The maximum atomic E-state index is 13.0. The van der Waals surface area contributed by atoms with Gasteiger partial charge in [-0.05, 0) is 31.4 Å². The van der Waals surface area contributed by atoms with Gasteiger partial charge in [0.2, 0.25) is 0 Å². The second-order valence-corrected chi connectivity index (χ2v) is 7.44. The van der Waals surface area contributed by atoms with Gasteiger partial charge in [0.25, 0.3) is 5.91 Å². The van der Waals surface area contributed by atoms with E-state index in [9.17, 15) is 4.79 Å². The van der Waals surface area contributed by atoms with Crippen LogP contribution in [0, 0.1) is 0 Å². The van der Waals surface area contributed by atoms with E-state index in [0.717, 1.165) is 31.0 Å². The Kier molecular flexibility index (Phi) is 3.58. The number of rotatable bonds is 4. The highest BCUT2D eigenvalue weighted by atomic mass is 16.5. The van der Waals surface area contributed by atoms with Crippen molar-refractivity contribution in [3.05, 3.63) is 47.9 Å². The number of amides is 1. The molecule has 4 aliphatic rings. The number of hydrogen-bond donors (Lipinski definition) is 0. The Balaban J connectivity index is 1.33. The summed E-state index contributed by atoms with van der Waals surface area (Å²) in [7, 11) is 1.61. The molecule has 3 saturated heterocycles. The standard InChI is InChI=1S/C20H22N4O2/c1-26-18-5-3-2-4-16(18)20(25)24-14-8-15(24)11-23(10-14)19-9-17(13-6-7-13)21-12-22-19/h2-5,9,12-15H,6-8,10-11H2,1H3. The molecule has 0 radical (unpaired) electrons. The lowest BCUT2D eigenvalue weighted by Crippen LogP contribution is -2.70. The zero-order valence-corrected chi connectivity index (χ0v) is 14.8. The Bertz CT molecular complexity index is 839. The lowest BCUT2D eigenvalue weighted by Gasteiger charge is -2.56. The zero-order chi connectivity index (χ0) is 17.7. The Morgan fingerprint density at radius 2 is 1.92 bits per heavy atom. The maximum Gasteiger partial charge on any atom is 0.258 e. The van der Waals surface area contributed by atoms with Crippen LogP contribution >= 0.6 is 0 Å². The van der Waals surface area contributed by atoms with Crippen LogP contribution in [0.3, 0.4) is 0 Å². The molecule has 1 aromatic carbocycles. The van der Waals surface area contributed by atoms with Gasteiger partial charge in [0.05, 0.1) is 24.8 Å². The zero-order valence-electron chi connectivity index (χ0n) is 14.8. The number of carbonyl (C=O) groups excluding carboxylic acids is 1. The number of piperazine rings is 1. The molecule has 6 heteroatoms. The van der Waals surface area contributed by atoms with E-state index in [-0.39, 0.29) is 18.0 Å². The quantitative estimate of drug-likeness (QED) is 0.848. The van der Waals surface area contributed by atoms with Gasteiger partial charge in [-0.3, -0.25) is 4.79 Å². The average Bonchev–Trinajstić information content (AvgIpc) is 3.53. The second kappa shape index (κ2) is 5.97. The summed E-state index contributed by atoms with van der Waals surface area (Å²) in [4.78, 5) is 26.2. The second-order valence-electron chi connectivity index (χ2n) is 7.44. The maximum absolute atomic E-state index is 13.0. The van der Waals surface area contributed by atoms with Crippen LogP contribution in [-0.4, -0.2) is 53.1 Å². The summed E-state index contributed by atoms with van der Waals surface area (Å²) in [6.07, 6.45) is 5.23. The van der Waals surface area contributed by atoms with Gasteiger partial charge in [-0.25, -0.2) is 9.97 Å². The molecular weight excluding hydrogens is 328 g/mol. The van der Waals surface area contributed by atoms with E-state index >= 15 is 0 Å². The molecule has 2 bridgehead atoms. The van der Waals surface area contributed by atoms with Crippen molar-refractivity contribution >= 4 is 11.7 Å². The van der Waals surface area contributed by atoms with Crippen LogP contribution < -0.4 is 9.64 Å². The van der Waals surface area contributed by atoms with Crippen molar-refractivity contribution in [1.82, 2.24) is 14.9 Å². The van der Waals surface area contributed by atoms with Gasteiger partial charge in [-0.15, -0.1) is 0 Å². The topological polar surface area (TPSA) is 58.6 Å². The van der Waals surface area contributed by atoms with Crippen LogP contribution in [0.25, 0.3) is 0 Å². The lowest BCUT2D eigenvalue weighted by molar-refractivity contribution is 0.00552. The molecule has 1 aliphatic carbocycles. The van der Waals surface area contributed by atoms with Gasteiger partial charge in [0.15, 0.2) is 0 Å². The minimum absolute atomic E-state index is 0.0738. The monoisotopic (exact) mass is 350 g/mol. The number of benzene rings is 1. The molecule has 2 atom stereocenters. The summed E-state index contributed by atoms with van der Waals surface area (Å²) in [6, 6.07) is 10.1. The first-order chi connectivity index (χ1) is 12.7. The molecular formula is C20H22N4O2. The van der Waals surface area contributed by atoms with E-state index in [2.05, 4.69) is 20.9 Å². The normalized spacial score (nSPS) is 24.2. The minimum Gasteiger partial charge on any atom is -0.496 e. The Labute approximate surface area is 152 Å². The van der Waals surface area contributed by atoms with Gasteiger partial charge < -0.3 is 14.5 Å². The molecule has 2 aromatic rings. The number of methoxy groups -OCH3 is 1.